The predicted molar refractivity (Wildman–Crippen MR) is 82.4 cm³/mol. The molecule has 92 valence electrons. The van der Waals surface area contributed by atoms with Crippen LogP contribution in [-0.4, -0.2) is 0 Å². The molecule has 0 heteroatoms. The molecule has 2 aromatic rings. The van der Waals surface area contributed by atoms with Gasteiger partial charge < -0.3 is 0 Å². The van der Waals surface area contributed by atoms with E-state index < -0.39 is 0 Å². The highest BCUT2D eigenvalue weighted by atomic mass is 13.9. The summed E-state index contributed by atoms with van der Waals surface area (Å²) in [6.07, 6.45) is 4.80. The van der Waals surface area contributed by atoms with E-state index in [1.807, 2.05) is 42.5 Å². The summed E-state index contributed by atoms with van der Waals surface area (Å²) in [5.41, 5.74) is 3.68. The zero-order chi connectivity index (χ0) is 13.2. The van der Waals surface area contributed by atoms with Crippen LogP contribution in [-0.2, 0) is 6.42 Å². The first kappa shape index (κ1) is 14.0. The molecule has 0 saturated carbocycles. The zero-order valence-corrected chi connectivity index (χ0v) is 11.0. The first-order valence-electron chi connectivity index (χ1n) is 6.19. The summed E-state index contributed by atoms with van der Waals surface area (Å²) in [5, 5.41) is 0. The standard InChI is InChI=1S/C10H10.C8H10/c1-3-9-7-5-6-8-10(9)4-2;1-2-8-6-4-3-5-7-8/h3-8H,1-2H2;3-7H,2H2,1H3. The Balaban J connectivity index is 0.000000184. The number of hydrogen-bond donors (Lipinski definition) is 0. The smallest absolute Gasteiger partial charge is 0.0190 e. The third-order valence-corrected chi connectivity index (χ3v) is 2.69. The molecule has 0 atom stereocenters. The van der Waals surface area contributed by atoms with Gasteiger partial charge in [-0.2, -0.15) is 0 Å². The van der Waals surface area contributed by atoms with Gasteiger partial charge in [-0.05, 0) is 23.1 Å². The average molecular weight is 236 g/mol. The highest BCUT2D eigenvalue weighted by molar-refractivity contribution is 5.63. The zero-order valence-electron chi connectivity index (χ0n) is 11.0. The maximum Gasteiger partial charge on any atom is -0.0190 e. The molecule has 0 aliphatic carbocycles. The van der Waals surface area contributed by atoms with Crippen molar-refractivity contribution in [3.63, 3.8) is 0 Å². The van der Waals surface area contributed by atoms with Crippen molar-refractivity contribution in [2.45, 2.75) is 13.3 Å². The Bertz CT molecular complexity index is 453. The van der Waals surface area contributed by atoms with Gasteiger partial charge in [0.25, 0.3) is 0 Å². The lowest BCUT2D eigenvalue weighted by molar-refractivity contribution is 1.14. The van der Waals surface area contributed by atoms with Crippen molar-refractivity contribution in [3.05, 3.63) is 84.4 Å². The normalized spacial score (nSPS) is 8.94. The summed E-state index contributed by atoms with van der Waals surface area (Å²) in [6, 6.07) is 18.5. The van der Waals surface area contributed by atoms with Crippen LogP contribution in [0.5, 0.6) is 0 Å². The fourth-order valence-corrected chi connectivity index (χ4v) is 1.60. The van der Waals surface area contributed by atoms with Gasteiger partial charge in [-0.3, -0.25) is 0 Å². The minimum Gasteiger partial charge on any atom is -0.0984 e. The van der Waals surface area contributed by atoms with Crippen LogP contribution in [0.4, 0.5) is 0 Å². The summed E-state index contributed by atoms with van der Waals surface area (Å²) in [6.45, 7) is 9.55. The lowest BCUT2D eigenvalue weighted by Crippen LogP contribution is -1.76. The van der Waals surface area contributed by atoms with Crippen LogP contribution in [0.3, 0.4) is 0 Å². The molecule has 0 amide bonds. The van der Waals surface area contributed by atoms with Crippen molar-refractivity contribution in [1.82, 2.24) is 0 Å². The molecule has 0 bridgehead atoms. The van der Waals surface area contributed by atoms with E-state index in [1.54, 1.807) is 0 Å². The number of hydrogen-bond acceptors (Lipinski definition) is 0. The van der Waals surface area contributed by atoms with Crippen LogP contribution < -0.4 is 0 Å². The third kappa shape index (κ3) is 4.42. The minimum atomic E-state index is 1.14. The Morgan fingerprint density at radius 1 is 0.778 bits per heavy atom. The minimum absolute atomic E-state index is 1.14. The van der Waals surface area contributed by atoms with E-state index in [0.717, 1.165) is 17.5 Å². The van der Waals surface area contributed by atoms with Crippen LogP contribution >= 0.6 is 0 Å². The van der Waals surface area contributed by atoms with Gasteiger partial charge >= 0.3 is 0 Å². The lowest BCUT2D eigenvalue weighted by atomic mass is 10.1. The maximum atomic E-state index is 3.69. The van der Waals surface area contributed by atoms with Gasteiger partial charge in [-0.1, -0.05) is 86.8 Å². The summed E-state index contributed by atoms with van der Waals surface area (Å²) in [4.78, 5) is 0. The fourth-order valence-electron chi connectivity index (χ4n) is 1.60. The van der Waals surface area contributed by atoms with E-state index in [0.29, 0.717) is 0 Å². The summed E-state index contributed by atoms with van der Waals surface area (Å²) < 4.78 is 0. The Hall–Kier alpha value is -2.08. The van der Waals surface area contributed by atoms with Gasteiger partial charge in [-0.15, -0.1) is 0 Å². The van der Waals surface area contributed by atoms with E-state index in [9.17, 15) is 0 Å². The molecule has 2 rings (SSSR count). The Morgan fingerprint density at radius 2 is 1.22 bits per heavy atom. The first-order valence-corrected chi connectivity index (χ1v) is 6.19. The van der Waals surface area contributed by atoms with Crippen molar-refractivity contribution in [3.8, 4) is 0 Å². The second-order valence-electron chi connectivity index (χ2n) is 3.88. The van der Waals surface area contributed by atoms with Crippen LogP contribution in [0.1, 0.15) is 23.6 Å². The Morgan fingerprint density at radius 3 is 1.56 bits per heavy atom. The Kier molecular flexibility index (Phi) is 6.27. The number of aryl methyl sites for hydroxylation is 1. The van der Waals surface area contributed by atoms with Gasteiger partial charge in [0.1, 0.15) is 0 Å². The largest absolute Gasteiger partial charge is 0.0984 e. The second kappa shape index (κ2) is 8.08. The monoisotopic (exact) mass is 236 g/mol. The molecular formula is C18H20. The molecular weight excluding hydrogens is 216 g/mol. The Labute approximate surface area is 110 Å². The van der Waals surface area contributed by atoms with Crippen molar-refractivity contribution in [2.24, 2.45) is 0 Å². The number of benzene rings is 2. The second-order valence-corrected chi connectivity index (χ2v) is 3.88. The van der Waals surface area contributed by atoms with Crippen LogP contribution in [0.25, 0.3) is 12.2 Å². The van der Waals surface area contributed by atoms with E-state index in [4.69, 9.17) is 0 Å². The van der Waals surface area contributed by atoms with Gasteiger partial charge in [0.15, 0.2) is 0 Å². The van der Waals surface area contributed by atoms with Crippen LogP contribution in [0, 0.1) is 0 Å². The molecule has 0 fully saturated rings. The first-order chi connectivity index (χ1) is 8.81. The van der Waals surface area contributed by atoms with E-state index >= 15 is 0 Å². The molecule has 0 heterocycles. The molecule has 18 heavy (non-hydrogen) atoms. The molecule has 0 unspecified atom stereocenters. The predicted octanol–water partition coefficient (Wildman–Crippen LogP) is 5.22. The van der Waals surface area contributed by atoms with Crippen LogP contribution in [0.15, 0.2) is 67.8 Å². The van der Waals surface area contributed by atoms with Gasteiger partial charge in [0.2, 0.25) is 0 Å². The lowest BCUT2D eigenvalue weighted by Gasteiger charge is -1.96. The summed E-state index contributed by atoms with van der Waals surface area (Å²) >= 11 is 0. The molecule has 0 aromatic heterocycles. The van der Waals surface area contributed by atoms with E-state index in [1.165, 1.54) is 5.56 Å². The van der Waals surface area contributed by atoms with E-state index in [-0.39, 0.29) is 0 Å². The summed E-state index contributed by atoms with van der Waals surface area (Å²) in [7, 11) is 0. The molecule has 0 saturated heterocycles. The van der Waals surface area contributed by atoms with Crippen LogP contribution in [0.2, 0.25) is 0 Å². The SMILES string of the molecule is C=Cc1ccccc1C=C.CCc1ccccc1. The van der Waals surface area contributed by atoms with Crippen molar-refractivity contribution >= 4 is 12.2 Å². The molecule has 0 spiro atoms. The quantitative estimate of drug-likeness (QED) is 0.685. The van der Waals surface area contributed by atoms with Gasteiger partial charge in [-0.25, -0.2) is 0 Å². The van der Waals surface area contributed by atoms with Crippen molar-refractivity contribution in [2.75, 3.05) is 0 Å². The third-order valence-electron chi connectivity index (χ3n) is 2.69. The summed E-state index contributed by atoms with van der Waals surface area (Å²) in [5.74, 6) is 0. The molecule has 0 radical (unpaired) electrons. The highest BCUT2D eigenvalue weighted by Crippen LogP contribution is 2.10. The maximum absolute atomic E-state index is 3.69. The fraction of sp³-hybridized carbons (Fsp3) is 0.111. The average Bonchev–Trinajstić information content (AvgIpc) is 2.48. The van der Waals surface area contributed by atoms with Gasteiger partial charge in [0.05, 0.1) is 0 Å². The molecule has 2 aromatic carbocycles. The topological polar surface area (TPSA) is 0 Å². The highest BCUT2D eigenvalue weighted by Gasteiger charge is 1.89. The van der Waals surface area contributed by atoms with Crippen molar-refractivity contribution < 1.29 is 0 Å². The molecule has 0 N–H and O–H groups in total. The molecule has 0 aliphatic rings. The molecule has 0 aliphatic heterocycles. The molecule has 0 nitrogen and oxygen atoms in total. The van der Waals surface area contributed by atoms with Gasteiger partial charge in [0, 0.05) is 0 Å². The van der Waals surface area contributed by atoms with E-state index in [2.05, 4.69) is 44.3 Å². The number of rotatable bonds is 3. The van der Waals surface area contributed by atoms with Crippen molar-refractivity contribution in [1.29, 1.82) is 0 Å².